The molecule has 0 amide bonds. The van der Waals surface area contributed by atoms with Gasteiger partial charge in [0, 0.05) is 34.7 Å². The Morgan fingerprint density at radius 2 is 2.16 bits per heavy atom. The second-order valence-corrected chi connectivity index (χ2v) is 6.34. The van der Waals surface area contributed by atoms with Gasteiger partial charge in [0.1, 0.15) is 0 Å². The van der Waals surface area contributed by atoms with Crippen molar-refractivity contribution in [2.75, 3.05) is 13.2 Å². The number of hydrogen-bond acceptors (Lipinski definition) is 2. The lowest BCUT2D eigenvalue weighted by atomic mass is 9.89. The fourth-order valence-corrected chi connectivity index (χ4v) is 3.10. The lowest BCUT2D eigenvalue weighted by Crippen LogP contribution is -2.46. The quantitative estimate of drug-likeness (QED) is 0.909. The van der Waals surface area contributed by atoms with Crippen molar-refractivity contribution >= 4 is 23.2 Å². The van der Waals surface area contributed by atoms with E-state index in [0.717, 1.165) is 36.6 Å². The van der Waals surface area contributed by atoms with Crippen LogP contribution in [0.2, 0.25) is 10.0 Å². The summed E-state index contributed by atoms with van der Waals surface area (Å²) >= 11 is 12.2. The van der Waals surface area contributed by atoms with Crippen LogP contribution in [-0.4, -0.2) is 25.3 Å². The molecule has 1 aromatic carbocycles. The summed E-state index contributed by atoms with van der Waals surface area (Å²) in [5.41, 5.74) is 1.15. The summed E-state index contributed by atoms with van der Waals surface area (Å²) in [5.74, 6) is 0.467. The first kappa shape index (κ1) is 15.1. The highest BCUT2D eigenvalue weighted by Gasteiger charge is 2.26. The molecule has 2 atom stereocenters. The predicted octanol–water partition coefficient (Wildman–Crippen LogP) is 3.94. The molecule has 1 aliphatic heterocycles. The topological polar surface area (TPSA) is 21.3 Å². The highest BCUT2D eigenvalue weighted by atomic mass is 35.5. The minimum absolute atomic E-state index is 0.467. The maximum absolute atomic E-state index is 6.26. The van der Waals surface area contributed by atoms with Crippen molar-refractivity contribution in [1.29, 1.82) is 0 Å². The molecule has 2 nitrogen and oxygen atoms in total. The van der Waals surface area contributed by atoms with Gasteiger partial charge in [-0.2, -0.15) is 0 Å². The van der Waals surface area contributed by atoms with Crippen molar-refractivity contribution in [2.24, 2.45) is 5.92 Å². The molecule has 1 N–H and O–H groups in total. The molecule has 4 heteroatoms. The van der Waals surface area contributed by atoms with Crippen LogP contribution in [0.25, 0.3) is 0 Å². The van der Waals surface area contributed by atoms with Crippen LogP contribution in [0.5, 0.6) is 0 Å². The summed E-state index contributed by atoms with van der Waals surface area (Å²) in [4.78, 5) is 0. The van der Waals surface area contributed by atoms with Gasteiger partial charge in [-0.15, -0.1) is 0 Å². The standard InChI is InChI=1S/C15H21Cl2NO/c1-10(2)18-15-5-6-19-9-12(15)7-11-3-4-13(16)8-14(11)17/h3-4,8,10,12,15,18H,5-7,9H2,1-2H3/t12-,15+/m1/s1. The van der Waals surface area contributed by atoms with E-state index in [1.165, 1.54) is 0 Å². The molecule has 0 aromatic heterocycles. The molecule has 0 radical (unpaired) electrons. The first-order chi connectivity index (χ1) is 9.06. The third-order valence-corrected chi connectivity index (χ3v) is 4.11. The lowest BCUT2D eigenvalue weighted by Gasteiger charge is -2.34. The number of ether oxygens (including phenoxy) is 1. The van der Waals surface area contributed by atoms with E-state index in [2.05, 4.69) is 19.2 Å². The Hall–Kier alpha value is -0.280. The molecule has 2 rings (SSSR count). The SMILES string of the molecule is CC(C)N[C@H]1CCOC[C@H]1Cc1ccc(Cl)cc1Cl. The first-order valence-corrected chi connectivity index (χ1v) is 7.59. The number of benzene rings is 1. The monoisotopic (exact) mass is 301 g/mol. The average molecular weight is 302 g/mol. The molecule has 19 heavy (non-hydrogen) atoms. The van der Waals surface area contributed by atoms with Crippen LogP contribution in [0.15, 0.2) is 18.2 Å². The van der Waals surface area contributed by atoms with Gasteiger partial charge >= 0.3 is 0 Å². The smallest absolute Gasteiger partial charge is 0.0512 e. The highest BCUT2D eigenvalue weighted by molar-refractivity contribution is 6.35. The molecular formula is C15H21Cl2NO. The summed E-state index contributed by atoms with van der Waals surface area (Å²) < 4.78 is 5.62. The summed E-state index contributed by atoms with van der Waals surface area (Å²) in [5, 5.41) is 5.07. The maximum Gasteiger partial charge on any atom is 0.0512 e. The van der Waals surface area contributed by atoms with Gasteiger partial charge in [-0.1, -0.05) is 43.1 Å². The lowest BCUT2D eigenvalue weighted by molar-refractivity contribution is 0.0300. The Balaban J connectivity index is 2.06. The molecule has 0 bridgehead atoms. The van der Waals surface area contributed by atoms with E-state index in [1.54, 1.807) is 0 Å². The van der Waals surface area contributed by atoms with Gasteiger partial charge in [-0.25, -0.2) is 0 Å². The summed E-state index contributed by atoms with van der Waals surface area (Å²) in [6.07, 6.45) is 1.99. The number of nitrogens with one attached hydrogen (secondary N) is 1. The molecule has 0 unspecified atom stereocenters. The van der Waals surface area contributed by atoms with E-state index in [-0.39, 0.29) is 0 Å². The van der Waals surface area contributed by atoms with E-state index in [4.69, 9.17) is 27.9 Å². The molecule has 1 fully saturated rings. The zero-order valence-corrected chi connectivity index (χ0v) is 13.0. The minimum Gasteiger partial charge on any atom is -0.381 e. The Morgan fingerprint density at radius 1 is 1.37 bits per heavy atom. The normalized spacial score (nSPS) is 23.8. The maximum atomic E-state index is 6.26. The average Bonchev–Trinajstić information content (AvgIpc) is 2.34. The van der Waals surface area contributed by atoms with E-state index >= 15 is 0 Å². The largest absolute Gasteiger partial charge is 0.381 e. The third-order valence-electron chi connectivity index (χ3n) is 3.52. The van der Waals surface area contributed by atoms with Crippen LogP contribution >= 0.6 is 23.2 Å². The van der Waals surface area contributed by atoms with Crippen molar-refractivity contribution in [2.45, 2.75) is 38.8 Å². The van der Waals surface area contributed by atoms with Crippen LogP contribution < -0.4 is 5.32 Å². The van der Waals surface area contributed by atoms with E-state index < -0.39 is 0 Å². The van der Waals surface area contributed by atoms with Crippen LogP contribution in [0, 0.1) is 5.92 Å². The van der Waals surface area contributed by atoms with Crippen LogP contribution in [0.4, 0.5) is 0 Å². The van der Waals surface area contributed by atoms with Gasteiger partial charge in [0.25, 0.3) is 0 Å². The molecule has 1 aliphatic rings. The second-order valence-electron chi connectivity index (χ2n) is 5.49. The van der Waals surface area contributed by atoms with Crippen molar-refractivity contribution in [1.82, 2.24) is 5.32 Å². The van der Waals surface area contributed by atoms with E-state index in [9.17, 15) is 0 Å². The van der Waals surface area contributed by atoms with Crippen molar-refractivity contribution in [3.8, 4) is 0 Å². The Morgan fingerprint density at radius 3 is 2.84 bits per heavy atom. The van der Waals surface area contributed by atoms with Gasteiger partial charge in [-0.3, -0.25) is 0 Å². The molecular weight excluding hydrogens is 281 g/mol. The van der Waals surface area contributed by atoms with Crippen LogP contribution in [0.1, 0.15) is 25.8 Å². The fraction of sp³-hybridized carbons (Fsp3) is 0.600. The summed E-state index contributed by atoms with van der Waals surface area (Å²) in [6, 6.07) is 6.72. The predicted molar refractivity (Wildman–Crippen MR) is 81.2 cm³/mol. The van der Waals surface area contributed by atoms with E-state index in [1.807, 2.05) is 18.2 Å². The molecule has 0 aliphatic carbocycles. The van der Waals surface area contributed by atoms with Crippen molar-refractivity contribution < 1.29 is 4.74 Å². The molecule has 106 valence electrons. The Kier molecular flexibility index (Phi) is 5.52. The molecule has 0 saturated carbocycles. The summed E-state index contributed by atoms with van der Waals surface area (Å²) in [6.45, 7) is 6.00. The number of rotatable bonds is 4. The zero-order valence-electron chi connectivity index (χ0n) is 11.5. The van der Waals surface area contributed by atoms with Crippen LogP contribution in [0.3, 0.4) is 0 Å². The highest BCUT2D eigenvalue weighted by Crippen LogP contribution is 2.26. The van der Waals surface area contributed by atoms with Gasteiger partial charge < -0.3 is 10.1 Å². The molecule has 1 aromatic rings. The Labute approximate surface area is 125 Å². The number of halogens is 2. The number of hydrogen-bond donors (Lipinski definition) is 1. The molecule has 0 spiro atoms. The van der Waals surface area contributed by atoms with Crippen LogP contribution in [-0.2, 0) is 11.2 Å². The minimum atomic E-state index is 0.467. The van der Waals surface area contributed by atoms with Gasteiger partial charge in [-0.05, 0) is 30.5 Å². The van der Waals surface area contributed by atoms with Crippen molar-refractivity contribution in [3.63, 3.8) is 0 Å². The Bertz CT molecular complexity index is 423. The van der Waals surface area contributed by atoms with Gasteiger partial charge in [0.15, 0.2) is 0 Å². The fourth-order valence-electron chi connectivity index (χ4n) is 2.62. The van der Waals surface area contributed by atoms with E-state index in [0.29, 0.717) is 23.0 Å². The second kappa shape index (κ2) is 6.94. The van der Waals surface area contributed by atoms with Crippen molar-refractivity contribution in [3.05, 3.63) is 33.8 Å². The molecule has 1 saturated heterocycles. The van der Waals surface area contributed by atoms with Gasteiger partial charge in [0.2, 0.25) is 0 Å². The molecule has 1 heterocycles. The van der Waals surface area contributed by atoms with Gasteiger partial charge in [0.05, 0.1) is 6.61 Å². The summed E-state index contributed by atoms with van der Waals surface area (Å²) in [7, 11) is 0. The third kappa shape index (κ3) is 4.35. The first-order valence-electron chi connectivity index (χ1n) is 6.84. The zero-order chi connectivity index (χ0) is 13.8.